The molecule has 9 nitrogen and oxygen atoms in total. The fourth-order valence-electron chi connectivity index (χ4n) is 5.18. The Morgan fingerprint density at radius 3 is 2.70 bits per heavy atom. The van der Waals surface area contributed by atoms with Gasteiger partial charge in [-0.25, -0.2) is 4.79 Å². The van der Waals surface area contributed by atoms with Crippen molar-refractivity contribution in [3.63, 3.8) is 0 Å². The molecule has 0 saturated carbocycles. The first kappa shape index (κ1) is 23.4. The van der Waals surface area contributed by atoms with E-state index < -0.39 is 17.8 Å². The summed E-state index contributed by atoms with van der Waals surface area (Å²) in [6.45, 7) is 2.30. The van der Waals surface area contributed by atoms with Gasteiger partial charge in [0.15, 0.2) is 0 Å². The number of unbranched alkanes of at least 4 members (excludes halogenated alkanes) is 2. The van der Waals surface area contributed by atoms with Gasteiger partial charge in [0.05, 0.1) is 6.42 Å². The fraction of sp³-hybridized carbons (Fsp3) is 0.625. The highest BCUT2D eigenvalue weighted by Gasteiger charge is 2.38. The van der Waals surface area contributed by atoms with Gasteiger partial charge in [-0.05, 0) is 68.3 Å². The lowest BCUT2D eigenvalue weighted by Gasteiger charge is -2.33. The highest BCUT2D eigenvalue weighted by atomic mass is 16.7. The van der Waals surface area contributed by atoms with Crippen LogP contribution in [0, 0.1) is 5.92 Å². The first-order valence-corrected chi connectivity index (χ1v) is 12.0. The number of rotatable bonds is 10. The molecule has 2 aliphatic heterocycles. The van der Waals surface area contributed by atoms with Crippen LogP contribution in [0.2, 0.25) is 0 Å². The average Bonchev–Trinajstić information content (AvgIpc) is 3.37. The molecule has 9 heteroatoms. The average molecular weight is 457 g/mol. The van der Waals surface area contributed by atoms with E-state index >= 15 is 0 Å². The van der Waals surface area contributed by atoms with Crippen molar-refractivity contribution in [1.29, 1.82) is 0 Å². The number of hydrogen-bond acceptors (Lipinski definition) is 7. The van der Waals surface area contributed by atoms with Crippen LogP contribution in [0.25, 0.3) is 0 Å². The molecule has 1 aromatic heterocycles. The van der Waals surface area contributed by atoms with Crippen molar-refractivity contribution in [3.05, 3.63) is 29.6 Å². The molecule has 0 spiro atoms. The van der Waals surface area contributed by atoms with Crippen LogP contribution < -0.4 is 5.32 Å². The predicted molar refractivity (Wildman–Crippen MR) is 118 cm³/mol. The maximum absolute atomic E-state index is 12.0. The van der Waals surface area contributed by atoms with Crippen LogP contribution in [0.5, 0.6) is 0 Å². The summed E-state index contributed by atoms with van der Waals surface area (Å²) in [5.74, 6) is -1.09. The predicted octanol–water partition coefficient (Wildman–Crippen LogP) is 2.06. The summed E-state index contributed by atoms with van der Waals surface area (Å²) >= 11 is 0. The van der Waals surface area contributed by atoms with Crippen molar-refractivity contribution < 1.29 is 24.0 Å². The third-order valence-electron chi connectivity index (χ3n) is 6.88. The zero-order valence-corrected chi connectivity index (χ0v) is 19.0. The molecule has 1 N–H and O–H groups in total. The van der Waals surface area contributed by atoms with Gasteiger partial charge in [-0.15, -0.1) is 5.06 Å². The lowest BCUT2D eigenvalue weighted by Crippen LogP contribution is -2.33. The van der Waals surface area contributed by atoms with Crippen molar-refractivity contribution in [2.75, 3.05) is 19.6 Å². The number of carbonyl (C=O) groups is 4. The number of aryl methyl sites for hydroxylation is 1. The van der Waals surface area contributed by atoms with Crippen molar-refractivity contribution in [2.45, 2.75) is 70.3 Å². The van der Waals surface area contributed by atoms with E-state index in [1.807, 2.05) is 12.4 Å². The summed E-state index contributed by atoms with van der Waals surface area (Å²) in [4.78, 5) is 58.4. The van der Waals surface area contributed by atoms with E-state index in [1.165, 1.54) is 24.0 Å². The smallest absolute Gasteiger partial charge is 0.334 e. The zero-order valence-electron chi connectivity index (χ0n) is 19.0. The lowest BCUT2D eigenvalue weighted by atomic mass is 9.81. The summed E-state index contributed by atoms with van der Waals surface area (Å²) < 4.78 is 0. The van der Waals surface area contributed by atoms with Crippen LogP contribution in [-0.2, 0) is 30.4 Å². The van der Waals surface area contributed by atoms with Gasteiger partial charge in [-0.1, -0.05) is 6.42 Å². The Balaban J connectivity index is 1.08. The van der Waals surface area contributed by atoms with Crippen molar-refractivity contribution >= 4 is 23.7 Å². The van der Waals surface area contributed by atoms with E-state index in [0.717, 1.165) is 44.7 Å². The van der Waals surface area contributed by atoms with Crippen LogP contribution in [0.3, 0.4) is 0 Å². The molecule has 178 valence electrons. The zero-order chi connectivity index (χ0) is 23.2. The highest BCUT2D eigenvalue weighted by molar-refractivity contribution is 6.01. The Bertz CT molecular complexity index is 889. The Morgan fingerprint density at radius 1 is 1.06 bits per heavy atom. The quantitative estimate of drug-likeness (QED) is 0.424. The molecule has 3 amide bonds. The van der Waals surface area contributed by atoms with E-state index in [0.29, 0.717) is 17.5 Å². The van der Waals surface area contributed by atoms with Gasteiger partial charge in [0.25, 0.3) is 11.8 Å². The molecule has 33 heavy (non-hydrogen) atoms. The van der Waals surface area contributed by atoms with Crippen LogP contribution in [-0.4, -0.2) is 58.3 Å². The second-order valence-corrected chi connectivity index (χ2v) is 9.10. The normalized spacial score (nSPS) is 22.2. The summed E-state index contributed by atoms with van der Waals surface area (Å²) in [6, 6.07) is 2.66. The summed E-state index contributed by atoms with van der Waals surface area (Å²) in [6.07, 6.45) is 10.9. The van der Waals surface area contributed by atoms with Crippen LogP contribution in [0.4, 0.5) is 0 Å². The molecular weight excluding hydrogens is 424 g/mol. The monoisotopic (exact) mass is 456 g/mol. The number of amides is 3. The number of aromatic nitrogens is 1. The van der Waals surface area contributed by atoms with Gasteiger partial charge in [-0.2, -0.15) is 0 Å². The number of likely N-dealkylation sites (tertiary alicyclic amines) is 1. The maximum Gasteiger partial charge on any atom is 0.334 e. The second kappa shape index (κ2) is 10.9. The minimum absolute atomic E-state index is 0.0619. The van der Waals surface area contributed by atoms with Gasteiger partial charge in [0.1, 0.15) is 0 Å². The van der Waals surface area contributed by atoms with Crippen molar-refractivity contribution in [3.8, 4) is 0 Å². The van der Waals surface area contributed by atoms with Crippen LogP contribution >= 0.6 is 0 Å². The molecule has 0 bridgehead atoms. The van der Waals surface area contributed by atoms with Gasteiger partial charge in [-0.3, -0.25) is 24.3 Å². The van der Waals surface area contributed by atoms with Gasteiger partial charge in [0, 0.05) is 44.2 Å². The van der Waals surface area contributed by atoms with Gasteiger partial charge >= 0.3 is 5.97 Å². The second-order valence-electron chi connectivity index (χ2n) is 9.10. The minimum atomic E-state index is -0.706. The summed E-state index contributed by atoms with van der Waals surface area (Å²) in [5, 5.41) is 3.22. The molecule has 2 atom stereocenters. The van der Waals surface area contributed by atoms with Crippen LogP contribution in [0.1, 0.15) is 75.0 Å². The molecule has 1 aliphatic carbocycles. The number of nitrogens with one attached hydrogen (secondary N) is 1. The molecular formula is C24H32N4O5. The van der Waals surface area contributed by atoms with Gasteiger partial charge < -0.3 is 10.2 Å². The standard InChI is InChI=1S/C24H32N4O5/c29-20(26-13-10-23(32)33-28-21(30)7-8-22(28)31)4-2-1-3-14-27-15-11-18-6-5-17-9-12-25-16-19(17)24(18)27/h9,12,16,18,24H,1-8,10-11,13-15H2,(H,26,29). The number of pyridine rings is 1. The van der Waals surface area contributed by atoms with E-state index in [4.69, 9.17) is 4.84 Å². The lowest BCUT2D eigenvalue weighted by molar-refractivity contribution is -0.197. The van der Waals surface area contributed by atoms with Crippen molar-refractivity contribution in [2.24, 2.45) is 5.92 Å². The number of carbonyl (C=O) groups excluding carboxylic acids is 4. The minimum Gasteiger partial charge on any atom is -0.356 e. The Labute approximate surface area is 193 Å². The first-order valence-electron chi connectivity index (χ1n) is 12.0. The fourth-order valence-corrected chi connectivity index (χ4v) is 5.18. The third-order valence-corrected chi connectivity index (χ3v) is 6.88. The molecule has 2 unspecified atom stereocenters. The number of imide groups is 1. The largest absolute Gasteiger partial charge is 0.356 e. The summed E-state index contributed by atoms with van der Waals surface area (Å²) in [7, 11) is 0. The Hall–Kier alpha value is -2.81. The van der Waals surface area contributed by atoms with Crippen molar-refractivity contribution in [1.82, 2.24) is 20.3 Å². The summed E-state index contributed by atoms with van der Waals surface area (Å²) in [5.41, 5.74) is 2.85. The number of hydroxylamine groups is 2. The molecule has 2 saturated heterocycles. The molecule has 4 rings (SSSR count). The molecule has 0 aromatic carbocycles. The van der Waals surface area contributed by atoms with E-state index in [2.05, 4.69) is 21.3 Å². The Kier molecular flexibility index (Phi) is 7.69. The van der Waals surface area contributed by atoms with E-state index in [9.17, 15) is 19.2 Å². The first-order chi connectivity index (χ1) is 16.0. The molecule has 3 aliphatic rings. The Morgan fingerprint density at radius 2 is 1.88 bits per heavy atom. The molecule has 0 radical (unpaired) electrons. The van der Waals surface area contributed by atoms with Crippen LogP contribution in [0.15, 0.2) is 18.5 Å². The van der Waals surface area contributed by atoms with E-state index in [1.54, 1.807) is 0 Å². The topological polar surface area (TPSA) is 109 Å². The van der Waals surface area contributed by atoms with E-state index in [-0.39, 0.29) is 31.7 Å². The number of nitrogens with zero attached hydrogens (tertiary/aromatic N) is 3. The maximum atomic E-state index is 12.0. The number of fused-ring (bicyclic) bond motifs is 3. The number of hydrogen-bond donors (Lipinski definition) is 1. The highest BCUT2D eigenvalue weighted by Crippen LogP contribution is 2.44. The molecule has 1 aromatic rings. The molecule has 3 heterocycles. The third kappa shape index (κ3) is 5.76. The SMILES string of the molecule is O=C(CCCCCN1CCC2CCc3ccncc3C21)NCCC(=O)ON1C(=O)CCC1=O. The molecule has 2 fully saturated rings. The van der Waals surface area contributed by atoms with Gasteiger partial charge in [0.2, 0.25) is 5.91 Å².